The maximum atomic E-state index is 6.26. The van der Waals surface area contributed by atoms with Crippen LogP contribution in [0.2, 0.25) is 0 Å². The van der Waals surface area contributed by atoms with Crippen molar-refractivity contribution in [1.82, 2.24) is 4.90 Å². The summed E-state index contributed by atoms with van der Waals surface area (Å²) < 4.78 is 6.40. The molecule has 1 heterocycles. The second-order valence-corrected chi connectivity index (χ2v) is 5.47. The Hall–Kier alpha value is -0.580. The normalized spacial score (nSPS) is 25.9. The molecule has 1 aromatic rings. The Balaban J connectivity index is 2.36. The second-order valence-electron chi connectivity index (χ2n) is 4.62. The van der Waals surface area contributed by atoms with Gasteiger partial charge in [-0.2, -0.15) is 0 Å². The van der Waals surface area contributed by atoms with Crippen molar-refractivity contribution in [3.63, 3.8) is 0 Å². The van der Waals surface area contributed by atoms with Crippen LogP contribution in [0.15, 0.2) is 22.7 Å². The van der Waals surface area contributed by atoms with Gasteiger partial charge in [0.05, 0.1) is 13.2 Å². The minimum atomic E-state index is 0.192. The fourth-order valence-corrected chi connectivity index (χ4v) is 3.02. The number of halogens is 1. The average Bonchev–Trinajstić information content (AvgIpc) is 2.31. The summed E-state index contributed by atoms with van der Waals surface area (Å²) in [7, 11) is 3.83. The molecule has 4 heteroatoms. The number of rotatable bonds is 2. The van der Waals surface area contributed by atoms with E-state index in [0.29, 0.717) is 0 Å². The molecule has 2 atom stereocenters. The third-order valence-corrected chi connectivity index (χ3v) is 4.17. The molecule has 17 heavy (non-hydrogen) atoms. The summed E-state index contributed by atoms with van der Waals surface area (Å²) in [6.45, 7) is 1.10. The van der Waals surface area contributed by atoms with E-state index in [1.54, 1.807) is 7.11 Å². The van der Waals surface area contributed by atoms with Crippen LogP contribution in [0.3, 0.4) is 0 Å². The molecule has 0 aliphatic carbocycles. The number of likely N-dealkylation sites (tertiary alicyclic amines) is 1. The zero-order valence-corrected chi connectivity index (χ0v) is 11.9. The van der Waals surface area contributed by atoms with Gasteiger partial charge in [-0.3, -0.25) is 4.90 Å². The van der Waals surface area contributed by atoms with Gasteiger partial charge in [0, 0.05) is 10.5 Å². The van der Waals surface area contributed by atoms with Crippen LogP contribution in [0.1, 0.15) is 24.4 Å². The first-order chi connectivity index (χ1) is 8.13. The smallest absolute Gasteiger partial charge is 0.119 e. The van der Waals surface area contributed by atoms with Gasteiger partial charge in [0.1, 0.15) is 5.75 Å². The first-order valence-corrected chi connectivity index (χ1v) is 6.72. The lowest BCUT2D eigenvalue weighted by molar-refractivity contribution is 0.162. The minimum Gasteiger partial charge on any atom is -0.497 e. The van der Waals surface area contributed by atoms with E-state index >= 15 is 0 Å². The third kappa shape index (κ3) is 2.64. The molecule has 1 aliphatic heterocycles. The van der Waals surface area contributed by atoms with Gasteiger partial charge in [-0.1, -0.05) is 15.9 Å². The van der Waals surface area contributed by atoms with Crippen LogP contribution in [0, 0.1) is 0 Å². The quantitative estimate of drug-likeness (QED) is 0.912. The molecule has 1 aromatic carbocycles. The maximum Gasteiger partial charge on any atom is 0.119 e. The van der Waals surface area contributed by atoms with E-state index in [9.17, 15) is 0 Å². The second kappa shape index (κ2) is 5.38. The topological polar surface area (TPSA) is 38.5 Å². The zero-order chi connectivity index (χ0) is 12.4. The molecule has 1 saturated heterocycles. The number of benzene rings is 1. The standard InChI is InChI=1S/C13H19BrN2O/c1-16-7-3-4-12(15)13(16)10-8-9(17-2)5-6-11(10)14/h5-6,8,12-13H,3-4,7,15H2,1-2H3. The number of hydrogen-bond acceptors (Lipinski definition) is 3. The van der Waals surface area contributed by atoms with Crippen molar-refractivity contribution in [2.24, 2.45) is 5.73 Å². The lowest BCUT2D eigenvalue weighted by atomic mass is 9.91. The minimum absolute atomic E-state index is 0.192. The maximum absolute atomic E-state index is 6.26. The molecule has 1 fully saturated rings. The summed E-state index contributed by atoms with van der Waals surface area (Å²) >= 11 is 3.61. The highest BCUT2D eigenvalue weighted by Crippen LogP contribution is 2.35. The number of methoxy groups -OCH3 is 1. The largest absolute Gasteiger partial charge is 0.497 e. The lowest BCUT2D eigenvalue weighted by Crippen LogP contribution is -2.44. The summed E-state index contributed by atoms with van der Waals surface area (Å²) in [4.78, 5) is 2.33. The van der Waals surface area contributed by atoms with E-state index in [1.807, 2.05) is 12.1 Å². The average molecular weight is 299 g/mol. The van der Waals surface area contributed by atoms with Crippen LogP contribution >= 0.6 is 15.9 Å². The van der Waals surface area contributed by atoms with Gasteiger partial charge in [0.15, 0.2) is 0 Å². The van der Waals surface area contributed by atoms with Crippen molar-refractivity contribution < 1.29 is 4.74 Å². The molecule has 0 bridgehead atoms. The highest BCUT2D eigenvalue weighted by atomic mass is 79.9. The molecule has 3 nitrogen and oxygen atoms in total. The summed E-state index contributed by atoms with van der Waals surface area (Å²) in [5.74, 6) is 0.884. The van der Waals surface area contributed by atoms with Crippen LogP contribution in [0.25, 0.3) is 0 Å². The monoisotopic (exact) mass is 298 g/mol. The summed E-state index contributed by atoms with van der Waals surface area (Å²) in [5, 5.41) is 0. The molecule has 2 N–H and O–H groups in total. The molecule has 0 aromatic heterocycles. The first kappa shape index (κ1) is 12.9. The SMILES string of the molecule is COc1ccc(Br)c(C2C(N)CCCN2C)c1. The fraction of sp³-hybridized carbons (Fsp3) is 0.538. The molecule has 0 radical (unpaired) electrons. The van der Waals surface area contributed by atoms with Crippen molar-refractivity contribution >= 4 is 15.9 Å². The van der Waals surface area contributed by atoms with Crippen LogP contribution < -0.4 is 10.5 Å². The highest BCUT2D eigenvalue weighted by Gasteiger charge is 2.29. The van der Waals surface area contributed by atoms with Gasteiger partial charge in [-0.25, -0.2) is 0 Å². The summed E-state index contributed by atoms with van der Waals surface area (Å²) in [5.41, 5.74) is 7.48. The molecular formula is C13H19BrN2O. The summed E-state index contributed by atoms with van der Waals surface area (Å²) in [6.07, 6.45) is 2.26. The molecule has 1 aliphatic rings. The Kier molecular flexibility index (Phi) is 4.07. The van der Waals surface area contributed by atoms with Crippen molar-refractivity contribution in [3.8, 4) is 5.75 Å². The molecule has 2 rings (SSSR count). The highest BCUT2D eigenvalue weighted by molar-refractivity contribution is 9.10. The van der Waals surface area contributed by atoms with Crippen LogP contribution in [0.4, 0.5) is 0 Å². The molecule has 94 valence electrons. The number of ether oxygens (including phenoxy) is 1. The van der Waals surface area contributed by atoms with Crippen LogP contribution in [-0.4, -0.2) is 31.6 Å². The molecule has 2 unspecified atom stereocenters. The number of nitrogens with zero attached hydrogens (tertiary/aromatic N) is 1. The van der Waals surface area contributed by atoms with Crippen molar-refractivity contribution in [1.29, 1.82) is 0 Å². The van der Waals surface area contributed by atoms with Gasteiger partial charge in [-0.05, 0) is 50.2 Å². The molecule has 0 saturated carbocycles. The Morgan fingerprint density at radius 3 is 2.88 bits per heavy atom. The fourth-order valence-electron chi connectivity index (χ4n) is 2.54. The Morgan fingerprint density at radius 1 is 1.47 bits per heavy atom. The summed E-state index contributed by atoms with van der Waals surface area (Å²) in [6, 6.07) is 6.53. The zero-order valence-electron chi connectivity index (χ0n) is 10.3. The van der Waals surface area contributed by atoms with Gasteiger partial charge in [0.25, 0.3) is 0 Å². The van der Waals surface area contributed by atoms with Crippen molar-refractivity contribution in [3.05, 3.63) is 28.2 Å². The van der Waals surface area contributed by atoms with E-state index < -0.39 is 0 Å². The van der Waals surface area contributed by atoms with E-state index in [1.165, 1.54) is 12.0 Å². The molecule has 0 amide bonds. The van der Waals surface area contributed by atoms with Crippen LogP contribution in [-0.2, 0) is 0 Å². The number of hydrogen-bond donors (Lipinski definition) is 1. The predicted octanol–water partition coefficient (Wildman–Crippen LogP) is 2.55. The van der Waals surface area contributed by atoms with Gasteiger partial charge in [0.2, 0.25) is 0 Å². The van der Waals surface area contributed by atoms with E-state index in [0.717, 1.165) is 23.2 Å². The Morgan fingerprint density at radius 2 is 2.24 bits per heavy atom. The molecular weight excluding hydrogens is 280 g/mol. The Bertz CT molecular complexity index is 387. The molecule has 0 spiro atoms. The van der Waals surface area contributed by atoms with E-state index in [4.69, 9.17) is 10.5 Å². The third-order valence-electron chi connectivity index (χ3n) is 3.45. The lowest BCUT2D eigenvalue weighted by Gasteiger charge is -2.38. The van der Waals surface area contributed by atoms with Gasteiger partial charge in [-0.15, -0.1) is 0 Å². The van der Waals surface area contributed by atoms with Crippen molar-refractivity contribution in [2.75, 3.05) is 20.7 Å². The van der Waals surface area contributed by atoms with Gasteiger partial charge >= 0.3 is 0 Å². The Labute approximate surface area is 111 Å². The van der Waals surface area contributed by atoms with Crippen LogP contribution in [0.5, 0.6) is 5.75 Å². The predicted molar refractivity (Wildman–Crippen MR) is 73.3 cm³/mol. The number of piperidine rings is 1. The number of nitrogens with two attached hydrogens (primary N) is 1. The van der Waals surface area contributed by atoms with Crippen molar-refractivity contribution in [2.45, 2.75) is 24.9 Å². The first-order valence-electron chi connectivity index (χ1n) is 5.92. The van der Waals surface area contributed by atoms with Gasteiger partial charge < -0.3 is 10.5 Å². The van der Waals surface area contributed by atoms with E-state index in [2.05, 4.69) is 33.9 Å². The van der Waals surface area contributed by atoms with E-state index in [-0.39, 0.29) is 12.1 Å². The number of likely N-dealkylation sites (N-methyl/N-ethyl adjacent to an activating group) is 1.